The molecular weight excluding hydrogens is 445 g/mol. The largest absolute Gasteiger partial charge is 0.493 e. The average molecular weight is 472 g/mol. The normalized spacial score (nSPS) is 12.9. The maximum Gasteiger partial charge on any atom is 0.254 e. The lowest BCUT2D eigenvalue weighted by Gasteiger charge is -2.23. The topological polar surface area (TPSA) is 56.6 Å². The van der Waals surface area contributed by atoms with Gasteiger partial charge < -0.3 is 14.4 Å². The van der Waals surface area contributed by atoms with Gasteiger partial charge in [0, 0.05) is 11.6 Å². The van der Waals surface area contributed by atoms with Gasteiger partial charge in [-0.25, -0.2) is 9.07 Å². The van der Waals surface area contributed by atoms with Gasteiger partial charge in [-0.1, -0.05) is 30.3 Å². The molecule has 1 saturated carbocycles. The molecule has 5 rings (SSSR count). The smallest absolute Gasteiger partial charge is 0.254 e. The van der Waals surface area contributed by atoms with Gasteiger partial charge in [-0.2, -0.15) is 5.10 Å². The van der Waals surface area contributed by atoms with Gasteiger partial charge in [0.05, 0.1) is 30.6 Å². The van der Waals surface area contributed by atoms with Crippen molar-refractivity contribution in [1.29, 1.82) is 0 Å². The van der Waals surface area contributed by atoms with Crippen LogP contribution >= 0.6 is 0 Å². The molecule has 0 atom stereocenters. The number of carbonyl (C=O) groups excluding carboxylic acids is 1. The third-order valence-corrected chi connectivity index (χ3v) is 6.08. The molecule has 0 spiro atoms. The number of ether oxygens (including phenoxy) is 2. The molecule has 6 nitrogen and oxygen atoms in total. The summed E-state index contributed by atoms with van der Waals surface area (Å²) in [7, 11) is 1.60. The second kappa shape index (κ2) is 9.62. The van der Waals surface area contributed by atoms with Gasteiger partial charge in [-0.3, -0.25) is 4.79 Å². The number of rotatable bonds is 8. The highest BCUT2D eigenvalue weighted by atomic mass is 19.1. The number of halogens is 1. The Morgan fingerprint density at radius 3 is 2.31 bits per heavy atom. The average Bonchev–Trinajstić information content (AvgIpc) is 3.68. The van der Waals surface area contributed by atoms with E-state index in [1.165, 1.54) is 24.3 Å². The van der Waals surface area contributed by atoms with Gasteiger partial charge in [0.1, 0.15) is 5.82 Å². The first kappa shape index (κ1) is 22.7. The van der Waals surface area contributed by atoms with Crippen molar-refractivity contribution in [2.75, 3.05) is 7.11 Å². The van der Waals surface area contributed by atoms with Gasteiger partial charge in [0.15, 0.2) is 11.5 Å². The van der Waals surface area contributed by atoms with Crippen LogP contribution < -0.4 is 9.47 Å². The first-order valence-corrected chi connectivity index (χ1v) is 11.6. The fourth-order valence-corrected chi connectivity index (χ4v) is 4.06. The van der Waals surface area contributed by atoms with E-state index in [1.807, 2.05) is 66.4 Å². The number of amides is 1. The Morgan fingerprint density at radius 2 is 1.66 bits per heavy atom. The van der Waals surface area contributed by atoms with Gasteiger partial charge in [-0.05, 0) is 68.3 Å². The van der Waals surface area contributed by atoms with E-state index in [1.54, 1.807) is 11.8 Å². The lowest BCUT2D eigenvalue weighted by atomic mass is 10.1. The number of benzene rings is 3. The molecule has 1 aliphatic carbocycles. The van der Waals surface area contributed by atoms with Crippen LogP contribution in [0.2, 0.25) is 0 Å². The third kappa shape index (κ3) is 4.75. The highest BCUT2D eigenvalue weighted by Gasteiger charge is 2.35. The van der Waals surface area contributed by atoms with Crippen molar-refractivity contribution in [2.24, 2.45) is 0 Å². The van der Waals surface area contributed by atoms with Crippen LogP contribution in [-0.2, 0) is 6.54 Å². The van der Waals surface area contributed by atoms with Gasteiger partial charge in [-0.15, -0.1) is 0 Å². The summed E-state index contributed by atoms with van der Waals surface area (Å²) in [6.07, 6.45) is 1.86. The zero-order valence-corrected chi connectivity index (χ0v) is 19.6. The van der Waals surface area contributed by atoms with Gasteiger partial charge >= 0.3 is 0 Å². The quantitative estimate of drug-likeness (QED) is 0.320. The van der Waals surface area contributed by atoms with E-state index >= 15 is 0 Å². The molecule has 0 N–H and O–H groups in total. The fourth-order valence-electron chi connectivity index (χ4n) is 4.06. The van der Waals surface area contributed by atoms with Crippen LogP contribution in [0.1, 0.15) is 34.5 Å². The zero-order chi connectivity index (χ0) is 24.4. The van der Waals surface area contributed by atoms with E-state index in [-0.39, 0.29) is 17.8 Å². The Bertz CT molecular complexity index is 1330. The first-order valence-electron chi connectivity index (χ1n) is 11.6. The molecule has 4 aromatic rings. The lowest BCUT2D eigenvalue weighted by Crippen LogP contribution is -2.32. The second-order valence-corrected chi connectivity index (χ2v) is 8.54. The van der Waals surface area contributed by atoms with Crippen molar-refractivity contribution in [3.05, 3.63) is 102 Å². The van der Waals surface area contributed by atoms with E-state index in [0.717, 1.165) is 29.8 Å². The van der Waals surface area contributed by atoms with Crippen molar-refractivity contribution in [3.8, 4) is 23.1 Å². The van der Waals surface area contributed by atoms with Gasteiger partial charge in [0.2, 0.25) is 5.88 Å². The standard InChI is InChI=1S/C28H26FN3O3/c1-19-24(18-31(22-16-17-22)27(33)20-12-14-21(29)15-13-20)28(32(30-19)23-8-4-3-5-9-23)35-26-11-7-6-10-25(26)34-2/h3-15,22H,16-18H2,1-2H3. The summed E-state index contributed by atoms with van der Waals surface area (Å²) in [5.41, 5.74) is 2.87. The molecule has 1 aliphatic rings. The van der Waals surface area contributed by atoms with E-state index < -0.39 is 0 Å². The Labute approximate surface area is 203 Å². The number of carbonyl (C=O) groups is 1. The maximum absolute atomic E-state index is 13.4. The molecular formula is C28H26FN3O3. The monoisotopic (exact) mass is 471 g/mol. The summed E-state index contributed by atoms with van der Waals surface area (Å²) in [6, 6.07) is 23.0. The molecule has 178 valence electrons. The molecule has 7 heteroatoms. The van der Waals surface area contributed by atoms with Crippen LogP contribution in [-0.4, -0.2) is 33.7 Å². The predicted octanol–water partition coefficient (Wildman–Crippen LogP) is 5.93. The number of aromatic nitrogens is 2. The Morgan fingerprint density at radius 1 is 1.00 bits per heavy atom. The summed E-state index contributed by atoms with van der Waals surface area (Å²) < 4.78 is 27.1. The van der Waals surface area contributed by atoms with Crippen molar-refractivity contribution >= 4 is 5.91 Å². The number of hydrogen-bond donors (Lipinski definition) is 0. The zero-order valence-electron chi connectivity index (χ0n) is 19.6. The summed E-state index contributed by atoms with van der Waals surface area (Å²) in [6.45, 7) is 2.24. The summed E-state index contributed by atoms with van der Waals surface area (Å²) in [5, 5.41) is 4.77. The van der Waals surface area contributed by atoms with Crippen molar-refractivity contribution < 1.29 is 18.7 Å². The molecule has 0 radical (unpaired) electrons. The molecule has 1 fully saturated rings. The SMILES string of the molecule is COc1ccccc1Oc1c(CN(C(=O)c2ccc(F)cc2)C2CC2)c(C)nn1-c1ccccc1. The predicted molar refractivity (Wildman–Crippen MR) is 131 cm³/mol. The molecule has 35 heavy (non-hydrogen) atoms. The second-order valence-electron chi connectivity index (χ2n) is 8.54. The number of para-hydroxylation sites is 3. The molecule has 0 unspecified atom stereocenters. The van der Waals surface area contributed by atoms with E-state index in [0.29, 0.717) is 29.5 Å². The van der Waals surface area contributed by atoms with Crippen molar-refractivity contribution in [2.45, 2.75) is 32.4 Å². The Balaban J connectivity index is 1.56. The first-order chi connectivity index (χ1) is 17.0. The highest BCUT2D eigenvalue weighted by molar-refractivity contribution is 5.94. The van der Waals surface area contributed by atoms with Gasteiger partial charge in [0.25, 0.3) is 5.91 Å². The molecule has 0 saturated heterocycles. The van der Waals surface area contributed by atoms with Crippen molar-refractivity contribution in [1.82, 2.24) is 14.7 Å². The minimum atomic E-state index is -0.369. The van der Waals surface area contributed by atoms with E-state index in [9.17, 15) is 9.18 Å². The molecule has 1 aromatic heterocycles. The number of methoxy groups -OCH3 is 1. The molecule has 3 aromatic carbocycles. The van der Waals surface area contributed by atoms with E-state index in [4.69, 9.17) is 14.6 Å². The van der Waals surface area contributed by atoms with E-state index in [2.05, 4.69) is 0 Å². The molecule has 0 aliphatic heterocycles. The van der Waals surface area contributed by atoms with Crippen LogP contribution in [0.25, 0.3) is 5.69 Å². The van der Waals surface area contributed by atoms with Crippen LogP contribution in [0.5, 0.6) is 17.4 Å². The Hall–Kier alpha value is -4.13. The van der Waals surface area contributed by atoms with Crippen LogP contribution in [0, 0.1) is 12.7 Å². The number of hydrogen-bond acceptors (Lipinski definition) is 4. The molecule has 1 amide bonds. The summed E-state index contributed by atoms with van der Waals surface area (Å²) in [4.78, 5) is 15.3. The van der Waals surface area contributed by atoms with Crippen molar-refractivity contribution in [3.63, 3.8) is 0 Å². The van der Waals surface area contributed by atoms with Crippen LogP contribution in [0.15, 0.2) is 78.9 Å². The molecule has 1 heterocycles. The Kier molecular flexibility index (Phi) is 6.23. The number of nitrogens with zero attached hydrogens (tertiary/aromatic N) is 3. The third-order valence-electron chi connectivity index (χ3n) is 6.08. The van der Waals surface area contributed by atoms with Crippen LogP contribution in [0.4, 0.5) is 4.39 Å². The highest BCUT2D eigenvalue weighted by Crippen LogP contribution is 2.38. The minimum absolute atomic E-state index is 0.131. The lowest BCUT2D eigenvalue weighted by molar-refractivity contribution is 0.0728. The maximum atomic E-state index is 13.4. The van der Waals surface area contributed by atoms with Crippen LogP contribution in [0.3, 0.4) is 0 Å². The fraction of sp³-hybridized carbons (Fsp3) is 0.214. The number of aryl methyl sites for hydroxylation is 1. The molecule has 0 bridgehead atoms. The summed E-state index contributed by atoms with van der Waals surface area (Å²) >= 11 is 0. The minimum Gasteiger partial charge on any atom is -0.493 e. The summed E-state index contributed by atoms with van der Waals surface area (Å²) in [5.74, 6) is 1.17.